The van der Waals surface area contributed by atoms with E-state index in [4.69, 9.17) is 64.4 Å². The number of esters is 2. The van der Waals surface area contributed by atoms with Crippen LogP contribution >= 0.6 is 12.4 Å². The van der Waals surface area contributed by atoms with Crippen molar-refractivity contribution in [3.8, 4) is 62.9 Å². The number of Topliss-reactive ketones (excluding diaryl/α,β-unsaturated/α-hetero) is 2. The number of carbonyl (C=O) groups is 8. The minimum absolute atomic E-state index is 0. The molecule has 0 spiro atoms. The lowest BCUT2D eigenvalue weighted by Crippen LogP contribution is -2.49. The highest BCUT2D eigenvalue weighted by molar-refractivity contribution is 6.37. The summed E-state index contributed by atoms with van der Waals surface area (Å²) in [6.07, 6.45) is 25.6. The first-order valence-corrected chi connectivity index (χ1v) is 41.6. The van der Waals surface area contributed by atoms with E-state index in [0.29, 0.717) is 24.4 Å². The van der Waals surface area contributed by atoms with Gasteiger partial charge in [-0.25, -0.2) is 23.9 Å². The summed E-state index contributed by atoms with van der Waals surface area (Å²) in [5.74, 6) is 7.18. The van der Waals surface area contributed by atoms with E-state index in [1.807, 2.05) is 185 Å². The van der Waals surface area contributed by atoms with E-state index in [0.717, 1.165) is 114 Å². The molecule has 0 unspecified atom stereocenters. The van der Waals surface area contributed by atoms with E-state index in [2.05, 4.69) is 20.6 Å². The van der Waals surface area contributed by atoms with E-state index in [1.165, 1.54) is 72.5 Å². The number of halogens is 1. The van der Waals surface area contributed by atoms with Crippen LogP contribution in [0.3, 0.4) is 0 Å². The summed E-state index contributed by atoms with van der Waals surface area (Å²) in [4.78, 5) is 90.8. The number of nitrogens with two attached hydrogens (primary N) is 2. The number of nitrogens with one attached hydrogen (secondary N) is 2. The molecule has 1 amide bonds. The molecule has 2 aliphatic carbocycles. The Balaban J connectivity index is 0.000000313. The van der Waals surface area contributed by atoms with Gasteiger partial charge in [0, 0.05) is 115 Å². The number of aliphatic hydroxyl groups is 1. The molecule has 0 aliphatic heterocycles. The lowest BCUT2D eigenvalue weighted by Gasteiger charge is -2.22. The molecule has 0 saturated heterocycles. The fourth-order valence-electron chi connectivity index (χ4n) is 12.6. The third-order valence-corrected chi connectivity index (χ3v) is 18.8. The number of aromatic nitrogens is 10. The molecule has 696 valence electrons. The van der Waals surface area contributed by atoms with Crippen LogP contribution in [0.15, 0.2) is 201 Å². The number of aryl methyl sites for hydroxylation is 5. The van der Waals surface area contributed by atoms with E-state index in [9.17, 15) is 38.4 Å². The van der Waals surface area contributed by atoms with Crippen molar-refractivity contribution in [1.29, 1.82) is 0 Å². The Morgan fingerprint density at radius 2 is 0.791 bits per heavy atom. The van der Waals surface area contributed by atoms with Gasteiger partial charge in [-0.15, -0.1) is 12.4 Å². The molecule has 0 atom stereocenters. The lowest BCUT2D eigenvalue weighted by molar-refractivity contribution is -0.673. The molecule has 8 N–H and O–H groups in total. The summed E-state index contributed by atoms with van der Waals surface area (Å²) in [5, 5.41) is 24.0. The van der Waals surface area contributed by atoms with Gasteiger partial charge in [-0.3, -0.25) is 25.0 Å². The van der Waals surface area contributed by atoms with Crippen molar-refractivity contribution in [2.45, 2.75) is 145 Å². The maximum atomic E-state index is 12.6. The summed E-state index contributed by atoms with van der Waals surface area (Å²) < 4.78 is 64.2. The number of hydrazine groups is 1. The van der Waals surface area contributed by atoms with Gasteiger partial charge in [-0.05, 0) is 196 Å². The molecule has 0 bridgehead atoms. The van der Waals surface area contributed by atoms with E-state index < -0.39 is 23.8 Å². The van der Waals surface area contributed by atoms with Crippen LogP contribution in [0.4, 0.5) is 15.3 Å². The second kappa shape index (κ2) is 58.1. The highest BCUT2D eigenvalue weighted by atomic mass is 35.5. The molecular weight excluding hydrogens is 1680 g/mol. The number of carboxylic acid groups (broad SMARTS) is 1. The zero-order valence-corrected chi connectivity index (χ0v) is 77.6. The average molecular weight is 1810 g/mol. The Hall–Kier alpha value is -13.4. The van der Waals surface area contributed by atoms with Crippen molar-refractivity contribution in [3.63, 3.8) is 0 Å². The minimum Gasteiger partial charge on any atom is -0.497 e. The topological polar surface area (TPSA) is 398 Å². The lowest BCUT2D eigenvalue weighted by atomic mass is 9.96. The third kappa shape index (κ3) is 36.1. The molecule has 2 saturated carbocycles. The first kappa shape index (κ1) is 108. The van der Waals surface area contributed by atoms with Crippen molar-refractivity contribution in [2.75, 3.05) is 95.3 Å². The molecule has 0 radical (unpaired) electrons. The molecule has 11 aromatic rings. The Morgan fingerprint density at radius 3 is 1.11 bits per heavy atom. The summed E-state index contributed by atoms with van der Waals surface area (Å²) >= 11 is 0. The molecule has 13 rings (SSSR count). The third-order valence-electron chi connectivity index (χ3n) is 18.8. The minimum atomic E-state index is -1.02. The molecular formula is C94H127ClN14O20+4. The van der Waals surface area contributed by atoms with E-state index >= 15 is 0 Å². The van der Waals surface area contributed by atoms with Crippen molar-refractivity contribution >= 4 is 65.5 Å². The van der Waals surface area contributed by atoms with Crippen LogP contribution in [0.2, 0.25) is 0 Å². The highest BCUT2D eigenvalue weighted by Crippen LogP contribution is 2.22. The van der Waals surface area contributed by atoms with Gasteiger partial charge in [0.25, 0.3) is 0 Å². The predicted molar refractivity (Wildman–Crippen MR) is 488 cm³/mol. The van der Waals surface area contributed by atoms with Crippen molar-refractivity contribution < 1.29 is 115 Å². The molecule has 2 aliphatic rings. The molecule has 5 aromatic heterocycles. The first-order chi connectivity index (χ1) is 61.5. The van der Waals surface area contributed by atoms with Gasteiger partial charge in [0.05, 0.1) is 92.8 Å². The zero-order chi connectivity index (χ0) is 94.2. The van der Waals surface area contributed by atoms with Crippen molar-refractivity contribution in [3.05, 3.63) is 235 Å². The smallest absolute Gasteiger partial charge is 0.465 e. The van der Waals surface area contributed by atoms with Crippen LogP contribution in [0.5, 0.6) is 34.5 Å². The average Bonchev–Trinajstić information content (AvgIpc) is 1.71. The number of ketones is 2. The van der Waals surface area contributed by atoms with Gasteiger partial charge in [-0.2, -0.15) is 5.10 Å². The number of hydrogen-bond donors (Lipinski definition) is 6. The molecule has 2 fully saturated rings. The highest BCUT2D eigenvalue weighted by Gasteiger charge is 2.27. The SMILES string of the molecule is CCO.CCOC(=O)C(=O)CC(C)=O.CCOC(=O)c1cc(C)n(-c2ccc(OC)cc2)n1.COCC(=O)n1cc(C)c[n+]1-c1ccc(OC)cc1.COCC(=O)n1cc(C)c[n+]1-c1ccc(OC)cc1.COc1ccc(-[n+]2cc(C)cn2C(=O)NC2CCCCC2)cc1.COc1ccc(-[n+]2cc(C)cn2C(=O)O)cc1.COc1ccc(NN)cc1.Cl.NC1CCCCC1. The number of carbonyl (C=O) groups excluding carboxylic acids is 7. The van der Waals surface area contributed by atoms with Crippen molar-refractivity contribution in [2.24, 2.45) is 11.6 Å². The van der Waals surface area contributed by atoms with Crippen LogP contribution in [-0.4, -0.2) is 188 Å². The summed E-state index contributed by atoms with van der Waals surface area (Å²) in [6, 6.07) is 47.2. The normalized spacial score (nSPS) is 11.7. The number of ether oxygens (including phenoxy) is 10. The maximum Gasteiger partial charge on any atom is 0.465 e. The molecule has 129 heavy (non-hydrogen) atoms. The zero-order valence-electron chi connectivity index (χ0n) is 76.8. The van der Waals surface area contributed by atoms with Crippen LogP contribution in [0, 0.1) is 34.6 Å². The monoisotopic (exact) mass is 1810 g/mol. The second-order valence-corrected chi connectivity index (χ2v) is 28.9. The largest absolute Gasteiger partial charge is 0.497 e. The number of nitrogen functional groups attached to an aromatic ring is 1. The van der Waals surface area contributed by atoms with Crippen molar-refractivity contribution in [1.82, 2.24) is 33.8 Å². The maximum absolute atomic E-state index is 12.6. The number of rotatable bonds is 23. The predicted octanol–water partition coefficient (Wildman–Crippen LogP) is 12.5. The second-order valence-electron chi connectivity index (χ2n) is 28.9. The van der Waals surface area contributed by atoms with Crippen LogP contribution in [-0.2, 0) is 33.3 Å². The standard InChI is InChI=1S/C18H23N3O2.2C14H17N2O3.C14H16N2O3.C12H12N2O3.C7H10N2O.C7H10O4.C6H13N.C2H6O.ClH/c1-14-12-20(16-8-10-17(23-2)11-9-16)21(13-14)18(22)19-15-6-4-3-5-7-15;2*1-11-8-15(16(9-11)14(17)10-18-2)12-4-6-13(19-3)7-5-12;1-4-19-14(17)13-9-10(2)16(15-13)11-5-7-12(18-3)8-6-11;1-9-7-13(14(8-9)12(15)16)10-3-5-11(17-2)6-4-10;1-10-7-4-2-6(9-8)3-5-7;1-3-11-7(10)6(9)4-5(2)8;7-6-4-2-1-3-5-6;1-2-3;/h8-13,15H,3-7H2,1-2H3;2*4-9H,10H2,1-3H3;5-9H,4H2,1-3H3;3-8H,1-2H3;2-5,9H,8H2,1H3;3-4H2,1-2H3;6H,1-5,7H2;3H,2H2,1H3;1H/q;2*+1;;;;;;;/p+2. The summed E-state index contributed by atoms with van der Waals surface area (Å²) in [7, 11) is 12.7. The Kier molecular flexibility index (Phi) is 48.6. The van der Waals surface area contributed by atoms with Gasteiger partial charge in [0.2, 0.25) is 53.3 Å². The van der Waals surface area contributed by atoms with Gasteiger partial charge in [-0.1, -0.05) is 71.3 Å². The Morgan fingerprint density at radius 1 is 0.465 bits per heavy atom. The Bertz CT molecular complexity index is 5080. The van der Waals surface area contributed by atoms with Crippen LogP contribution in [0.25, 0.3) is 28.4 Å². The van der Waals surface area contributed by atoms with Gasteiger partial charge in [0.1, 0.15) is 53.5 Å². The fraction of sp³-hybridized carbons (Fsp3) is 0.372. The molecule has 35 heteroatoms. The van der Waals surface area contributed by atoms with E-state index in [-0.39, 0.29) is 68.9 Å². The first-order valence-electron chi connectivity index (χ1n) is 41.6. The molecule has 34 nitrogen and oxygen atoms in total. The number of hydrogen-bond acceptors (Lipinski definition) is 23. The fourth-order valence-corrected chi connectivity index (χ4v) is 12.6. The van der Waals surface area contributed by atoms with Crippen LogP contribution < -0.4 is 69.5 Å². The van der Waals surface area contributed by atoms with E-state index in [1.54, 1.807) is 151 Å². The van der Waals surface area contributed by atoms with Gasteiger partial charge in [0.15, 0.2) is 5.69 Å². The number of aliphatic hydroxyl groups excluding tert-OH is 1. The quantitative estimate of drug-likeness (QED) is 0.00865. The Labute approximate surface area is 760 Å². The number of benzene rings is 6. The molecule has 5 heterocycles. The number of amides is 1. The number of anilines is 1. The summed E-state index contributed by atoms with van der Waals surface area (Å²) in [6.45, 7) is 16.7. The van der Waals surface area contributed by atoms with Gasteiger partial charge < -0.3 is 74.1 Å². The summed E-state index contributed by atoms with van der Waals surface area (Å²) in [5.41, 5.74) is 18.5. The number of nitrogens with zero attached hydrogens (tertiary/aromatic N) is 10. The molecule has 6 aromatic carbocycles. The number of methoxy groups -OCH3 is 8. The van der Waals surface area contributed by atoms with Gasteiger partial charge >= 0.3 is 35.9 Å². The van der Waals surface area contributed by atoms with Crippen LogP contribution in [0.1, 0.15) is 146 Å².